The molecule has 1 aromatic rings. The van der Waals surface area contributed by atoms with Gasteiger partial charge in [-0.15, -0.1) is 0 Å². The van der Waals surface area contributed by atoms with E-state index in [4.69, 9.17) is 13.8 Å². The van der Waals surface area contributed by atoms with E-state index in [1.165, 1.54) is 26.4 Å². The Morgan fingerprint density at radius 1 is 1.27 bits per heavy atom. The molecule has 0 unspecified atom stereocenters. The number of carbonyl (C=O) groups is 1. The summed E-state index contributed by atoms with van der Waals surface area (Å²) in [5.74, 6) is -0.591. The Labute approximate surface area is 129 Å². The summed E-state index contributed by atoms with van der Waals surface area (Å²) in [5, 5.41) is 2.65. The second kappa shape index (κ2) is 7.22. The zero-order valence-corrected chi connectivity index (χ0v) is 14.2. The van der Waals surface area contributed by atoms with Gasteiger partial charge in [-0.3, -0.25) is 4.57 Å². The van der Waals surface area contributed by atoms with Crippen LogP contribution in [-0.4, -0.2) is 25.9 Å². The molecule has 0 aliphatic carbocycles. The van der Waals surface area contributed by atoms with E-state index >= 15 is 0 Å². The molecule has 0 heterocycles. The number of carbonyl (C=O) groups excluding carboxylic acids is 1. The molecule has 0 aliphatic rings. The molecule has 0 saturated heterocycles. The number of hydrogen-bond donors (Lipinski definition) is 1. The lowest BCUT2D eigenvalue weighted by atomic mass is 10.1. The lowest BCUT2D eigenvalue weighted by Crippen LogP contribution is -2.41. The number of nitrogens with one attached hydrogen (secondary N) is 1. The highest BCUT2D eigenvalue weighted by molar-refractivity contribution is 7.62. The first-order chi connectivity index (χ1) is 10.1. The van der Waals surface area contributed by atoms with Gasteiger partial charge in [0.15, 0.2) is 0 Å². The van der Waals surface area contributed by atoms with Gasteiger partial charge in [-0.05, 0) is 32.9 Å². The smallest absolute Gasteiger partial charge is 0.407 e. The van der Waals surface area contributed by atoms with Crippen molar-refractivity contribution in [1.29, 1.82) is 0 Å². The molecule has 0 fully saturated rings. The maximum Gasteiger partial charge on any atom is 0.407 e. The summed E-state index contributed by atoms with van der Waals surface area (Å²) in [6.07, 6.45) is -0.632. The molecule has 8 heteroatoms. The Morgan fingerprint density at radius 3 is 2.36 bits per heavy atom. The van der Waals surface area contributed by atoms with Crippen molar-refractivity contribution in [1.82, 2.24) is 5.32 Å². The van der Waals surface area contributed by atoms with Crippen molar-refractivity contribution >= 4 is 19.0 Å². The summed E-state index contributed by atoms with van der Waals surface area (Å²) in [4.78, 5) is 11.7. The van der Waals surface area contributed by atoms with E-state index in [0.29, 0.717) is 5.56 Å². The fourth-order valence-electron chi connectivity index (χ4n) is 1.67. The molecule has 0 saturated carbocycles. The molecular weight excluding hydrogens is 312 g/mol. The first kappa shape index (κ1) is 18.6. The molecule has 0 spiro atoms. The van der Waals surface area contributed by atoms with Crippen LogP contribution >= 0.6 is 7.60 Å². The van der Waals surface area contributed by atoms with Gasteiger partial charge in [0.25, 0.3) is 0 Å². The van der Waals surface area contributed by atoms with Crippen molar-refractivity contribution in [2.45, 2.75) is 32.9 Å². The minimum atomic E-state index is -3.65. The fourth-order valence-corrected chi connectivity index (χ4v) is 2.99. The third kappa shape index (κ3) is 5.09. The van der Waals surface area contributed by atoms with E-state index in [-0.39, 0.29) is 11.9 Å². The lowest BCUT2D eigenvalue weighted by Gasteiger charge is -2.21. The molecule has 1 N–H and O–H groups in total. The number of halogens is 1. The monoisotopic (exact) mass is 333 g/mol. The molecule has 0 aromatic heterocycles. The minimum absolute atomic E-state index is 0.0288. The summed E-state index contributed by atoms with van der Waals surface area (Å²) in [7, 11) is -1.25. The van der Waals surface area contributed by atoms with E-state index in [1.807, 2.05) is 20.8 Å². The van der Waals surface area contributed by atoms with Crippen LogP contribution in [0.15, 0.2) is 18.2 Å². The van der Waals surface area contributed by atoms with Crippen LogP contribution in [0.4, 0.5) is 9.18 Å². The van der Waals surface area contributed by atoms with Crippen molar-refractivity contribution in [2.75, 3.05) is 14.2 Å². The number of alkyl carbamates (subject to hydrolysis) is 1. The number of rotatable bonds is 5. The molecule has 6 nitrogen and oxygen atoms in total. The quantitative estimate of drug-likeness (QED) is 0.839. The normalized spacial score (nSPS) is 12.1. The first-order valence-corrected chi connectivity index (χ1v) is 8.11. The Bertz CT molecular complexity index is 577. The van der Waals surface area contributed by atoms with Crippen LogP contribution in [0.5, 0.6) is 0 Å². The average Bonchev–Trinajstić information content (AvgIpc) is 2.43. The highest BCUT2D eigenvalue weighted by Crippen LogP contribution is 2.46. The summed E-state index contributed by atoms with van der Waals surface area (Å²) >= 11 is 0. The summed E-state index contributed by atoms with van der Waals surface area (Å²) in [6, 6.07) is 3.60. The molecule has 1 amide bonds. The van der Waals surface area contributed by atoms with Gasteiger partial charge in [0, 0.05) is 25.3 Å². The van der Waals surface area contributed by atoms with Gasteiger partial charge in [-0.2, -0.15) is 0 Å². The van der Waals surface area contributed by atoms with Crippen molar-refractivity contribution in [2.24, 2.45) is 0 Å². The van der Waals surface area contributed by atoms with Crippen LogP contribution in [0.1, 0.15) is 26.3 Å². The van der Waals surface area contributed by atoms with Crippen molar-refractivity contribution in [3.63, 3.8) is 0 Å². The van der Waals surface area contributed by atoms with E-state index in [2.05, 4.69) is 5.32 Å². The Hall–Kier alpha value is -1.43. The lowest BCUT2D eigenvalue weighted by molar-refractivity contribution is 0.131. The largest absolute Gasteiger partial charge is 0.445 e. The Kier molecular flexibility index (Phi) is 6.11. The van der Waals surface area contributed by atoms with Gasteiger partial charge in [0.2, 0.25) is 0 Å². The van der Waals surface area contributed by atoms with Crippen LogP contribution in [0.2, 0.25) is 0 Å². The molecular formula is C14H21FNO5P. The Morgan fingerprint density at radius 2 is 1.86 bits per heavy atom. The fraction of sp³-hybridized carbons (Fsp3) is 0.500. The summed E-state index contributed by atoms with van der Waals surface area (Å²) in [5.41, 5.74) is -0.102. The summed E-state index contributed by atoms with van der Waals surface area (Å²) in [6.45, 7) is 5.24. The third-order valence-electron chi connectivity index (χ3n) is 2.66. The molecule has 124 valence electrons. The third-order valence-corrected chi connectivity index (χ3v) is 4.63. The molecule has 1 rings (SSSR count). The van der Waals surface area contributed by atoms with Crippen LogP contribution in [0, 0.1) is 5.82 Å². The predicted octanol–water partition coefficient (Wildman–Crippen LogP) is 2.96. The molecule has 22 heavy (non-hydrogen) atoms. The number of hydrogen-bond acceptors (Lipinski definition) is 5. The van der Waals surface area contributed by atoms with E-state index in [0.717, 1.165) is 6.07 Å². The first-order valence-electron chi connectivity index (χ1n) is 6.57. The molecule has 0 radical (unpaired) electrons. The SMILES string of the molecule is COP(=O)(OC)c1cc(F)ccc1COC(=O)NC(C)(C)C. The highest BCUT2D eigenvalue weighted by atomic mass is 31.2. The molecule has 1 aromatic carbocycles. The second-order valence-electron chi connectivity index (χ2n) is 5.59. The standard InChI is InChI=1S/C14H21FNO5P/c1-14(2,3)16-13(17)21-9-10-6-7-11(15)8-12(10)22(18,19-4)20-5/h6-8H,9H2,1-5H3,(H,16,17). The average molecular weight is 333 g/mol. The number of amides is 1. The van der Waals surface area contributed by atoms with E-state index in [9.17, 15) is 13.8 Å². The van der Waals surface area contributed by atoms with Crippen LogP contribution in [0.25, 0.3) is 0 Å². The van der Waals surface area contributed by atoms with E-state index < -0.39 is 25.0 Å². The molecule has 0 bridgehead atoms. The van der Waals surface area contributed by atoms with Crippen molar-refractivity contribution < 1.29 is 27.5 Å². The zero-order valence-electron chi connectivity index (χ0n) is 13.3. The Balaban J connectivity index is 2.97. The maximum atomic E-state index is 13.4. The second-order valence-corrected chi connectivity index (χ2v) is 7.79. The van der Waals surface area contributed by atoms with Gasteiger partial charge in [0.1, 0.15) is 12.4 Å². The maximum absolute atomic E-state index is 13.4. The minimum Gasteiger partial charge on any atom is -0.445 e. The molecule has 0 atom stereocenters. The molecule has 0 aliphatic heterocycles. The topological polar surface area (TPSA) is 73.9 Å². The van der Waals surface area contributed by atoms with E-state index in [1.54, 1.807) is 0 Å². The van der Waals surface area contributed by atoms with Gasteiger partial charge in [-0.1, -0.05) is 6.07 Å². The van der Waals surface area contributed by atoms with Gasteiger partial charge < -0.3 is 19.1 Å². The summed E-state index contributed by atoms with van der Waals surface area (Å²) < 4.78 is 40.6. The van der Waals surface area contributed by atoms with Gasteiger partial charge >= 0.3 is 13.7 Å². The van der Waals surface area contributed by atoms with Crippen LogP contribution < -0.4 is 10.6 Å². The highest BCUT2D eigenvalue weighted by Gasteiger charge is 2.29. The van der Waals surface area contributed by atoms with Gasteiger partial charge in [-0.25, -0.2) is 9.18 Å². The zero-order chi connectivity index (χ0) is 17.0. The number of benzene rings is 1. The van der Waals surface area contributed by atoms with Crippen molar-refractivity contribution in [3.05, 3.63) is 29.6 Å². The predicted molar refractivity (Wildman–Crippen MR) is 80.7 cm³/mol. The van der Waals surface area contributed by atoms with Gasteiger partial charge in [0.05, 0.1) is 5.30 Å². The number of ether oxygens (including phenoxy) is 1. The van der Waals surface area contributed by atoms with Crippen LogP contribution in [-0.2, 0) is 25.0 Å². The van der Waals surface area contributed by atoms with Crippen LogP contribution in [0.3, 0.4) is 0 Å². The van der Waals surface area contributed by atoms with Crippen molar-refractivity contribution in [3.8, 4) is 0 Å².